The molecule has 0 amide bonds. The van der Waals surface area contributed by atoms with Crippen molar-refractivity contribution in [3.63, 3.8) is 0 Å². The average Bonchev–Trinajstić information content (AvgIpc) is 2.56. The van der Waals surface area contributed by atoms with Crippen LogP contribution in [0.15, 0.2) is 60.9 Å². The molecule has 0 saturated heterocycles. The molecule has 0 aliphatic carbocycles. The first-order valence-corrected chi connectivity index (χ1v) is 6.99. The number of nitrogens with one attached hydrogen (secondary N) is 2. The zero-order valence-electron chi connectivity index (χ0n) is 12.5. The number of methoxy groups -OCH3 is 1. The minimum Gasteiger partial charge on any atom is -0.497 e. The second kappa shape index (κ2) is 6.74. The number of hydrogen-bond acceptors (Lipinski definition) is 5. The number of rotatable bonds is 5. The van der Waals surface area contributed by atoms with Crippen LogP contribution in [0, 0.1) is 5.82 Å². The standard InChI is InChI=1S/C17H15FN4O/c1-23-15-7-5-13(6-8-15)21-16-10-17(20-11-19-16)22-14-4-2-3-12(18)9-14/h2-11H,1H3,(H2,19,20,21,22). The largest absolute Gasteiger partial charge is 0.497 e. The van der Waals surface area contributed by atoms with Crippen LogP contribution in [0.5, 0.6) is 5.75 Å². The summed E-state index contributed by atoms with van der Waals surface area (Å²) in [6.45, 7) is 0. The van der Waals surface area contributed by atoms with Gasteiger partial charge in [-0.05, 0) is 42.5 Å². The van der Waals surface area contributed by atoms with Crippen LogP contribution in [0.4, 0.5) is 27.4 Å². The molecule has 0 aliphatic heterocycles. The van der Waals surface area contributed by atoms with Crippen molar-refractivity contribution in [2.75, 3.05) is 17.7 Å². The van der Waals surface area contributed by atoms with Crippen molar-refractivity contribution >= 4 is 23.0 Å². The highest BCUT2D eigenvalue weighted by atomic mass is 19.1. The Morgan fingerprint density at radius 1 is 0.870 bits per heavy atom. The van der Waals surface area contributed by atoms with Crippen LogP contribution in [0.3, 0.4) is 0 Å². The van der Waals surface area contributed by atoms with E-state index in [1.165, 1.54) is 18.5 Å². The number of benzene rings is 2. The van der Waals surface area contributed by atoms with Crippen LogP contribution < -0.4 is 15.4 Å². The lowest BCUT2D eigenvalue weighted by Gasteiger charge is -2.09. The first kappa shape index (κ1) is 14.8. The molecular weight excluding hydrogens is 295 g/mol. The maximum Gasteiger partial charge on any atom is 0.135 e. The molecule has 0 unspecified atom stereocenters. The average molecular weight is 310 g/mol. The number of ether oxygens (including phenoxy) is 1. The fourth-order valence-electron chi connectivity index (χ4n) is 2.03. The van der Waals surface area contributed by atoms with E-state index in [0.717, 1.165) is 11.4 Å². The number of anilines is 4. The summed E-state index contributed by atoms with van der Waals surface area (Å²) < 4.78 is 18.3. The summed E-state index contributed by atoms with van der Waals surface area (Å²) in [7, 11) is 1.62. The smallest absolute Gasteiger partial charge is 0.135 e. The van der Waals surface area contributed by atoms with E-state index >= 15 is 0 Å². The zero-order chi connectivity index (χ0) is 16.1. The third-order valence-corrected chi connectivity index (χ3v) is 3.13. The lowest BCUT2D eigenvalue weighted by atomic mass is 10.3. The van der Waals surface area contributed by atoms with E-state index in [9.17, 15) is 4.39 Å². The monoisotopic (exact) mass is 310 g/mol. The molecule has 0 fully saturated rings. The molecule has 6 heteroatoms. The van der Waals surface area contributed by atoms with Gasteiger partial charge in [0.2, 0.25) is 0 Å². The van der Waals surface area contributed by atoms with Gasteiger partial charge in [0.1, 0.15) is 29.5 Å². The molecule has 1 aromatic heterocycles. The molecule has 3 rings (SSSR count). The Hall–Kier alpha value is -3.15. The van der Waals surface area contributed by atoms with Crippen LogP contribution in [0.1, 0.15) is 0 Å². The van der Waals surface area contributed by atoms with Crippen LogP contribution >= 0.6 is 0 Å². The van der Waals surface area contributed by atoms with Gasteiger partial charge in [0.15, 0.2) is 0 Å². The first-order valence-electron chi connectivity index (χ1n) is 6.99. The Bertz CT molecular complexity index is 793. The van der Waals surface area contributed by atoms with E-state index in [2.05, 4.69) is 20.6 Å². The summed E-state index contributed by atoms with van der Waals surface area (Å²) >= 11 is 0. The van der Waals surface area contributed by atoms with Crippen molar-refractivity contribution in [3.05, 3.63) is 66.7 Å². The summed E-state index contributed by atoms with van der Waals surface area (Å²) in [6, 6.07) is 15.4. The topological polar surface area (TPSA) is 59.1 Å². The molecule has 0 atom stereocenters. The lowest BCUT2D eigenvalue weighted by molar-refractivity contribution is 0.415. The van der Waals surface area contributed by atoms with Gasteiger partial charge in [-0.25, -0.2) is 14.4 Å². The molecule has 5 nitrogen and oxygen atoms in total. The SMILES string of the molecule is COc1ccc(Nc2cc(Nc3cccc(F)c3)ncn2)cc1. The van der Waals surface area contributed by atoms with E-state index in [0.29, 0.717) is 17.3 Å². The molecule has 1 heterocycles. The minimum atomic E-state index is -0.305. The third kappa shape index (κ3) is 3.94. The summed E-state index contributed by atoms with van der Waals surface area (Å²) in [5.74, 6) is 1.68. The fraction of sp³-hybridized carbons (Fsp3) is 0.0588. The molecule has 116 valence electrons. The molecule has 0 bridgehead atoms. The van der Waals surface area contributed by atoms with Gasteiger partial charge >= 0.3 is 0 Å². The van der Waals surface area contributed by atoms with E-state index in [1.54, 1.807) is 25.3 Å². The van der Waals surface area contributed by atoms with E-state index in [-0.39, 0.29) is 5.82 Å². The van der Waals surface area contributed by atoms with Crippen LogP contribution in [-0.4, -0.2) is 17.1 Å². The van der Waals surface area contributed by atoms with Crippen molar-refractivity contribution in [2.45, 2.75) is 0 Å². The maximum absolute atomic E-state index is 13.2. The van der Waals surface area contributed by atoms with Gasteiger partial charge in [0, 0.05) is 17.4 Å². The Labute approximate surface area is 133 Å². The summed E-state index contributed by atoms with van der Waals surface area (Å²) in [5, 5.41) is 6.21. The number of hydrogen-bond donors (Lipinski definition) is 2. The van der Waals surface area contributed by atoms with Crippen LogP contribution in [0.25, 0.3) is 0 Å². The van der Waals surface area contributed by atoms with E-state index < -0.39 is 0 Å². The molecule has 0 aliphatic rings. The molecule has 3 aromatic rings. The van der Waals surface area contributed by atoms with Crippen molar-refractivity contribution in [2.24, 2.45) is 0 Å². The highest BCUT2D eigenvalue weighted by molar-refractivity contribution is 5.63. The predicted molar refractivity (Wildman–Crippen MR) is 88.0 cm³/mol. The Morgan fingerprint density at radius 3 is 2.22 bits per heavy atom. The summed E-state index contributed by atoms with van der Waals surface area (Å²) in [4.78, 5) is 8.30. The molecule has 2 aromatic carbocycles. The number of aromatic nitrogens is 2. The quantitative estimate of drug-likeness (QED) is 0.742. The van der Waals surface area contributed by atoms with Crippen molar-refractivity contribution in [3.8, 4) is 5.75 Å². The van der Waals surface area contributed by atoms with Crippen LogP contribution in [0.2, 0.25) is 0 Å². The van der Waals surface area contributed by atoms with Gasteiger partial charge in [-0.15, -0.1) is 0 Å². The highest BCUT2D eigenvalue weighted by Crippen LogP contribution is 2.21. The lowest BCUT2D eigenvalue weighted by Crippen LogP contribution is -1.98. The molecular formula is C17H15FN4O. The second-order valence-electron chi connectivity index (χ2n) is 4.78. The van der Waals surface area contributed by atoms with Gasteiger partial charge in [-0.3, -0.25) is 0 Å². The van der Waals surface area contributed by atoms with Crippen molar-refractivity contribution < 1.29 is 9.13 Å². The van der Waals surface area contributed by atoms with Crippen molar-refractivity contribution in [1.82, 2.24) is 9.97 Å². The van der Waals surface area contributed by atoms with Gasteiger partial charge in [0.25, 0.3) is 0 Å². The first-order chi connectivity index (χ1) is 11.2. The zero-order valence-corrected chi connectivity index (χ0v) is 12.5. The Kier molecular flexibility index (Phi) is 4.33. The predicted octanol–water partition coefficient (Wildman–Crippen LogP) is 4.11. The molecule has 2 N–H and O–H groups in total. The maximum atomic E-state index is 13.2. The number of halogens is 1. The second-order valence-corrected chi connectivity index (χ2v) is 4.78. The molecule has 0 radical (unpaired) electrons. The van der Waals surface area contributed by atoms with E-state index in [1.807, 2.05) is 24.3 Å². The van der Waals surface area contributed by atoms with Crippen LogP contribution in [-0.2, 0) is 0 Å². The molecule has 0 saturated carbocycles. The van der Waals surface area contributed by atoms with Gasteiger partial charge in [-0.1, -0.05) is 6.07 Å². The highest BCUT2D eigenvalue weighted by Gasteiger charge is 2.02. The molecule has 0 spiro atoms. The summed E-state index contributed by atoms with van der Waals surface area (Å²) in [5.41, 5.74) is 1.50. The van der Waals surface area contributed by atoms with Gasteiger partial charge in [0.05, 0.1) is 7.11 Å². The normalized spacial score (nSPS) is 10.2. The Balaban J connectivity index is 1.74. The van der Waals surface area contributed by atoms with Crippen molar-refractivity contribution in [1.29, 1.82) is 0 Å². The van der Waals surface area contributed by atoms with Gasteiger partial charge < -0.3 is 15.4 Å². The minimum absolute atomic E-state index is 0.305. The number of nitrogens with zero attached hydrogens (tertiary/aromatic N) is 2. The van der Waals surface area contributed by atoms with E-state index in [4.69, 9.17) is 4.74 Å². The Morgan fingerprint density at radius 2 is 1.57 bits per heavy atom. The van der Waals surface area contributed by atoms with Gasteiger partial charge in [-0.2, -0.15) is 0 Å². The molecule has 23 heavy (non-hydrogen) atoms. The third-order valence-electron chi connectivity index (χ3n) is 3.13. The fourth-order valence-corrected chi connectivity index (χ4v) is 2.03. The summed E-state index contributed by atoms with van der Waals surface area (Å²) in [6.07, 6.45) is 1.44.